The fourth-order valence-corrected chi connectivity index (χ4v) is 2.49. The maximum Gasteiger partial charge on any atom is 0.336 e. The number of carbonyl (C=O) groups is 1. The quantitative estimate of drug-likeness (QED) is 0.849. The van der Waals surface area contributed by atoms with Crippen molar-refractivity contribution in [2.24, 2.45) is 5.92 Å². The molecule has 0 aliphatic heterocycles. The highest BCUT2D eigenvalue weighted by Crippen LogP contribution is 2.29. The molecule has 0 saturated carbocycles. The summed E-state index contributed by atoms with van der Waals surface area (Å²) in [4.78, 5) is 11.2. The van der Waals surface area contributed by atoms with Crippen LogP contribution in [0.25, 0.3) is 0 Å². The van der Waals surface area contributed by atoms with Crippen LogP contribution in [0.5, 0.6) is 0 Å². The average molecular weight is 283 g/mol. The number of aromatic carboxylic acids is 1. The smallest absolute Gasteiger partial charge is 0.336 e. The molecule has 2 aromatic rings. The van der Waals surface area contributed by atoms with Crippen molar-refractivity contribution in [3.63, 3.8) is 0 Å². The highest BCUT2D eigenvalue weighted by Gasteiger charge is 2.17. The summed E-state index contributed by atoms with van der Waals surface area (Å²) in [7, 11) is 0. The molecule has 3 heteroatoms. The number of hydrogen-bond acceptors (Lipinski definition) is 2. The van der Waals surface area contributed by atoms with Crippen LogP contribution in [0.2, 0.25) is 0 Å². The van der Waals surface area contributed by atoms with Crippen molar-refractivity contribution in [1.82, 2.24) is 0 Å². The number of rotatable bonds is 5. The molecule has 0 radical (unpaired) electrons. The molecule has 0 spiro atoms. The molecule has 3 nitrogen and oxygen atoms in total. The zero-order chi connectivity index (χ0) is 15.4. The minimum atomic E-state index is -0.892. The summed E-state index contributed by atoms with van der Waals surface area (Å²) < 4.78 is 0. The Morgan fingerprint density at radius 2 is 1.71 bits per heavy atom. The molecule has 110 valence electrons. The molecule has 0 aliphatic carbocycles. The Morgan fingerprint density at radius 3 is 2.29 bits per heavy atom. The Hall–Kier alpha value is -2.29. The third kappa shape index (κ3) is 3.43. The lowest BCUT2D eigenvalue weighted by molar-refractivity contribution is 0.0696. The summed E-state index contributed by atoms with van der Waals surface area (Å²) in [5, 5.41) is 12.7. The van der Waals surface area contributed by atoms with E-state index in [0.717, 1.165) is 11.3 Å². The minimum Gasteiger partial charge on any atom is -0.478 e. The van der Waals surface area contributed by atoms with Crippen LogP contribution in [0, 0.1) is 12.8 Å². The summed E-state index contributed by atoms with van der Waals surface area (Å²) in [6.45, 7) is 6.15. The lowest BCUT2D eigenvalue weighted by Gasteiger charge is -2.25. The molecule has 1 atom stereocenters. The van der Waals surface area contributed by atoms with E-state index in [4.69, 9.17) is 0 Å². The Bertz CT molecular complexity index is 620. The molecule has 21 heavy (non-hydrogen) atoms. The predicted octanol–water partition coefficient (Wildman–Crippen LogP) is 4.50. The summed E-state index contributed by atoms with van der Waals surface area (Å²) in [5.41, 5.74) is 3.19. The van der Waals surface area contributed by atoms with Gasteiger partial charge in [-0.3, -0.25) is 0 Å². The van der Waals surface area contributed by atoms with E-state index in [0.29, 0.717) is 11.5 Å². The summed E-state index contributed by atoms with van der Waals surface area (Å²) in [5.74, 6) is -0.503. The topological polar surface area (TPSA) is 49.3 Å². The van der Waals surface area contributed by atoms with Gasteiger partial charge in [-0.15, -0.1) is 0 Å². The Balaban J connectivity index is 2.35. The van der Waals surface area contributed by atoms with E-state index in [1.165, 1.54) is 5.56 Å². The highest BCUT2D eigenvalue weighted by molar-refractivity contribution is 5.91. The van der Waals surface area contributed by atoms with Crippen LogP contribution in [0.1, 0.15) is 41.4 Å². The van der Waals surface area contributed by atoms with Crippen LogP contribution in [0.3, 0.4) is 0 Å². The van der Waals surface area contributed by atoms with E-state index in [1.807, 2.05) is 31.2 Å². The Kier molecular flexibility index (Phi) is 4.63. The van der Waals surface area contributed by atoms with Crippen LogP contribution in [-0.4, -0.2) is 11.1 Å². The van der Waals surface area contributed by atoms with Gasteiger partial charge in [-0.2, -0.15) is 0 Å². The SMILES string of the molecule is Cc1c(NC(c2ccccc2)C(C)C)cccc1C(=O)O. The van der Waals surface area contributed by atoms with E-state index in [-0.39, 0.29) is 6.04 Å². The van der Waals surface area contributed by atoms with Gasteiger partial charge in [0.25, 0.3) is 0 Å². The highest BCUT2D eigenvalue weighted by atomic mass is 16.4. The average Bonchev–Trinajstić information content (AvgIpc) is 2.46. The largest absolute Gasteiger partial charge is 0.478 e. The van der Waals surface area contributed by atoms with Gasteiger partial charge in [0.15, 0.2) is 0 Å². The number of benzene rings is 2. The number of nitrogens with one attached hydrogen (secondary N) is 1. The number of anilines is 1. The van der Waals surface area contributed by atoms with Gasteiger partial charge in [0, 0.05) is 5.69 Å². The zero-order valence-corrected chi connectivity index (χ0v) is 12.6. The minimum absolute atomic E-state index is 0.147. The molecule has 0 aliphatic rings. The summed E-state index contributed by atoms with van der Waals surface area (Å²) >= 11 is 0. The van der Waals surface area contributed by atoms with E-state index in [2.05, 4.69) is 31.3 Å². The second-order valence-electron chi connectivity index (χ2n) is 5.56. The molecule has 0 bridgehead atoms. The van der Waals surface area contributed by atoms with Crippen LogP contribution >= 0.6 is 0 Å². The monoisotopic (exact) mass is 283 g/mol. The van der Waals surface area contributed by atoms with E-state index >= 15 is 0 Å². The van der Waals surface area contributed by atoms with Gasteiger partial charge in [0.05, 0.1) is 11.6 Å². The predicted molar refractivity (Wildman–Crippen MR) is 85.8 cm³/mol. The molecule has 1 unspecified atom stereocenters. The van der Waals surface area contributed by atoms with Crippen molar-refractivity contribution in [1.29, 1.82) is 0 Å². The van der Waals surface area contributed by atoms with Crippen molar-refractivity contribution in [3.8, 4) is 0 Å². The van der Waals surface area contributed by atoms with Crippen molar-refractivity contribution in [2.45, 2.75) is 26.8 Å². The second-order valence-corrected chi connectivity index (χ2v) is 5.56. The first-order valence-electron chi connectivity index (χ1n) is 7.15. The maximum absolute atomic E-state index is 11.2. The summed E-state index contributed by atoms with van der Waals surface area (Å²) in [6.07, 6.45) is 0. The zero-order valence-electron chi connectivity index (χ0n) is 12.6. The maximum atomic E-state index is 11.2. The van der Waals surface area contributed by atoms with Crippen molar-refractivity contribution in [3.05, 3.63) is 65.2 Å². The van der Waals surface area contributed by atoms with Crippen LogP contribution in [0.4, 0.5) is 5.69 Å². The molecular weight excluding hydrogens is 262 g/mol. The first-order chi connectivity index (χ1) is 10.0. The Morgan fingerprint density at radius 1 is 1.05 bits per heavy atom. The van der Waals surface area contributed by atoms with Gasteiger partial charge in [0.1, 0.15) is 0 Å². The first kappa shape index (κ1) is 15.1. The normalized spacial score (nSPS) is 12.2. The standard InChI is InChI=1S/C18H21NO2/c1-12(2)17(14-8-5-4-6-9-14)19-16-11-7-10-15(13(16)3)18(20)21/h4-12,17,19H,1-3H3,(H,20,21). The number of carboxylic acid groups (broad SMARTS) is 1. The molecule has 0 amide bonds. The van der Waals surface area contributed by atoms with Gasteiger partial charge in [-0.05, 0) is 36.1 Å². The van der Waals surface area contributed by atoms with Crippen LogP contribution in [-0.2, 0) is 0 Å². The fourth-order valence-electron chi connectivity index (χ4n) is 2.49. The van der Waals surface area contributed by atoms with Gasteiger partial charge in [-0.1, -0.05) is 50.2 Å². The first-order valence-corrected chi connectivity index (χ1v) is 7.15. The second kappa shape index (κ2) is 6.44. The van der Waals surface area contributed by atoms with Gasteiger partial charge < -0.3 is 10.4 Å². The van der Waals surface area contributed by atoms with Gasteiger partial charge >= 0.3 is 5.97 Å². The fraction of sp³-hybridized carbons (Fsp3) is 0.278. The van der Waals surface area contributed by atoms with Crippen LogP contribution in [0.15, 0.2) is 48.5 Å². The Labute approximate surface area is 125 Å². The molecule has 0 saturated heterocycles. The molecule has 2 aromatic carbocycles. The van der Waals surface area contributed by atoms with Crippen LogP contribution < -0.4 is 5.32 Å². The van der Waals surface area contributed by atoms with Gasteiger partial charge in [0.2, 0.25) is 0 Å². The number of carboxylic acids is 1. The molecule has 0 aromatic heterocycles. The summed E-state index contributed by atoms with van der Waals surface area (Å²) in [6, 6.07) is 15.7. The van der Waals surface area contributed by atoms with E-state index in [9.17, 15) is 9.90 Å². The van der Waals surface area contributed by atoms with Crippen molar-refractivity contribution < 1.29 is 9.90 Å². The van der Waals surface area contributed by atoms with Gasteiger partial charge in [-0.25, -0.2) is 4.79 Å². The molecular formula is C18H21NO2. The molecule has 2 N–H and O–H groups in total. The lowest BCUT2D eigenvalue weighted by atomic mass is 9.95. The van der Waals surface area contributed by atoms with E-state index < -0.39 is 5.97 Å². The molecule has 0 fully saturated rings. The van der Waals surface area contributed by atoms with Crippen molar-refractivity contribution >= 4 is 11.7 Å². The van der Waals surface area contributed by atoms with Crippen molar-refractivity contribution in [2.75, 3.05) is 5.32 Å². The van der Waals surface area contributed by atoms with E-state index in [1.54, 1.807) is 12.1 Å². The lowest BCUT2D eigenvalue weighted by Crippen LogP contribution is -2.18. The third-order valence-electron chi connectivity index (χ3n) is 3.70. The number of hydrogen-bond donors (Lipinski definition) is 2. The molecule has 2 rings (SSSR count). The third-order valence-corrected chi connectivity index (χ3v) is 3.70. The molecule has 0 heterocycles.